The molecule has 0 fully saturated rings. The minimum absolute atomic E-state index is 0.119. The van der Waals surface area contributed by atoms with Crippen LogP contribution in [0.3, 0.4) is 0 Å². The van der Waals surface area contributed by atoms with Crippen LogP contribution in [0, 0.1) is 0 Å². The molecule has 0 aromatic carbocycles. The minimum Gasteiger partial charge on any atom is -0.391 e. The molecule has 1 unspecified atom stereocenters. The fourth-order valence-electron chi connectivity index (χ4n) is 0.778. The fourth-order valence-corrected chi connectivity index (χ4v) is 0.778. The molecule has 0 radical (unpaired) electrons. The summed E-state index contributed by atoms with van der Waals surface area (Å²) < 4.78 is 0. The minimum atomic E-state index is -0.601. The molecule has 0 heterocycles. The van der Waals surface area contributed by atoms with Gasteiger partial charge in [-0.05, 0) is 6.42 Å². The average Bonchev–Trinajstić information content (AvgIpc) is 2.00. The number of carbonyl (C=O) groups excluding carboxylic acids is 2. The van der Waals surface area contributed by atoms with E-state index in [4.69, 9.17) is 0 Å². The first-order chi connectivity index (χ1) is 6.02. The average molecular weight is 188 g/mol. The van der Waals surface area contributed by atoms with Crippen molar-refractivity contribution in [2.45, 2.75) is 26.4 Å². The first kappa shape index (κ1) is 11.9. The summed E-state index contributed by atoms with van der Waals surface area (Å²) in [7, 11) is 0. The van der Waals surface area contributed by atoms with Crippen LogP contribution in [0.25, 0.3) is 0 Å². The zero-order valence-electron chi connectivity index (χ0n) is 7.96. The lowest BCUT2D eigenvalue weighted by Gasteiger charge is -2.10. The van der Waals surface area contributed by atoms with Gasteiger partial charge in [0.25, 0.3) is 0 Å². The first-order valence-corrected chi connectivity index (χ1v) is 4.19. The molecule has 3 N–H and O–H groups in total. The number of aliphatic hydroxyl groups excluding tert-OH is 1. The zero-order chi connectivity index (χ0) is 10.3. The highest BCUT2D eigenvalue weighted by atomic mass is 16.3. The Labute approximate surface area is 77.5 Å². The van der Waals surface area contributed by atoms with Crippen molar-refractivity contribution in [3.05, 3.63) is 0 Å². The van der Waals surface area contributed by atoms with Gasteiger partial charge in [0, 0.05) is 26.9 Å². The van der Waals surface area contributed by atoms with Crippen molar-refractivity contribution < 1.29 is 14.7 Å². The maximum absolute atomic E-state index is 10.4. The molecule has 0 aromatic heterocycles. The van der Waals surface area contributed by atoms with Crippen molar-refractivity contribution in [2.24, 2.45) is 0 Å². The third-order valence-corrected chi connectivity index (χ3v) is 1.44. The van der Waals surface area contributed by atoms with Gasteiger partial charge in [-0.25, -0.2) is 0 Å². The summed E-state index contributed by atoms with van der Waals surface area (Å²) in [6, 6.07) is 0. The van der Waals surface area contributed by atoms with Crippen molar-refractivity contribution in [1.29, 1.82) is 0 Å². The van der Waals surface area contributed by atoms with Gasteiger partial charge in [0.05, 0.1) is 6.10 Å². The molecule has 5 heteroatoms. The Hall–Kier alpha value is -1.10. The number of carbonyl (C=O) groups is 2. The molecule has 2 amide bonds. The Kier molecular flexibility index (Phi) is 5.88. The topological polar surface area (TPSA) is 78.4 Å². The van der Waals surface area contributed by atoms with E-state index in [0.717, 1.165) is 0 Å². The lowest BCUT2D eigenvalue weighted by molar-refractivity contribution is -0.120. The van der Waals surface area contributed by atoms with Crippen LogP contribution in [-0.4, -0.2) is 36.1 Å². The molecule has 0 aliphatic rings. The van der Waals surface area contributed by atoms with E-state index in [-0.39, 0.29) is 18.4 Å². The molecule has 0 rings (SSSR count). The molecule has 76 valence electrons. The van der Waals surface area contributed by atoms with E-state index in [9.17, 15) is 14.7 Å². The van der Waals surface area contributed by atoms with Crippen molar-refractivity contribution in [3.63, 3.8) is 0 Å². The summed E-state index contributed by atoms with van der Waals surface area (Å²) in [6.07, 6.45) is -0.157. The van der Waals surface area contributed by atoms with Gasteiger partial charge < -0.3 is 15.7 Å². The Morgan fingerprint density at radius 3 is 2.23 bits per heavy atom. The zero-order valence-corrected chi connectivity index (χ0v) is 7.96. The van der Waals surface area contributed by atoms with Crippen LogP contribution in [0.2, 0.25) is 0 Å². The smallest absolute Gasteiger partial charge is 0.216 e. The molecule has 0 spiro atoms. The lowest BCUT2D eigenvalue weighted by Crippen LogP contribution is -2.33. The molecule has 0 aromatic rings. The predicted molar refractivity (Wildman–Crippen MR) is 48.0 cm³/mol. The molecule has 0 saturated heterocycles. The van der Waals surface area contributed by atoms with Gasteiger partial charge in [0.2, 0.25) is 11.8 Å². The highest BCUT2D eigenvalue weighted by Gasteiger charge is 2.04. The number of hydrogen-bond acceptors (Lipinski definition) is 3. The van der Waals surface area contributed by atoms with E-state index < -0.39 is 6.10 Å². The van der Waals surface area contributed by atoms with Crippen LogP contribution in [0.15, 0.2) is 0 Å². The van der Waals surface area contributed by atoms with Gasteiger partial charge in [-0.2, -0.15) is 0 Å². The summed E-state index contributed by atoms with van der Waals surface area (Å²) in [4.78, 5) is 20.9. The third kappa shape index (κ3) is 8.81. The number of aliphatic hydroxyl groups is 1. The van der Waals surface area contributed by atoms with Crippen molar-refractivity contribution in [3.8, 4) is 0 Å². The van der Waals surface area contributed by atoms with Crippen LogP contribution >= 0.6 is 0 Å². The van der Waals surface area contributed by atoms with E-state index in [1.54, 1.807) is 0 Å². The number of nitrogens with one attached hydrogen (secondary N) is 2. The van der Waals surface area contributed by atoms with Crippen LogP contribution in [0.1, 0.15) is 20.3 Å². The molecular formula is C8H16N2O3. The molecule has 1 atom stereocenters. The quantitative estimate of drug-likeness (QED) is 0.518. The highest BCUT2D eigenvalue weighted by Crippen LogP contribution is 1.87. The molecule has 0 bridgehead atoms. The van der Waals surface area contributed by atoms with Gasteiger partial charge in [0.15, 0.2) is 0 Å². The maximum atomic E-state index is 10.4. The summed E-state index contributed by atoms with van der Waals surface area (Å²) >= 11 is 0. The SMILES string of the molecule is CC(=O)NCCC(O)CNC(C)=O. The van der Waals surface area contributed by atoms with E-state index >= 15 is 0 Å². The molecule has 13 heavy (non-hydrogen) atoms. The van der Waals surface area contributed by atoms with Crippen molar-refractivity contribution in [2.75, 3.05) is 13.1 Å². The second kappa shape index (κ2) is 6.42. The highest BCUT2D eigenvalue weighted by molar-refractivity contribution is 5.73. The van der Waals surface area contributed by atoms with Gasteiger partial charge >= 0.3 is 0 Å². The number of rotatable bonds is 5. The first-order valence-electron chi connectivity index (χ1n) is 4.19. The summed E-state index contributed by atoms with van der Waals surface area (Å²) in [6.45, 7) is 3.46. The number of amides is 2. The summed E-state index contributed by atoms with van der Waals surface area (Å²) in [5, 5.41) is 14.3. The normalized spacial score (nSPS) is 11.9. The summed E-state index contributed by atoms with van der Waals surface area (Å²) in [5.41, 5.74) is 0. The molecule has 0 aliphatic heterocycles. The Bertz CT molecular complexity index is 182. The lowest BCUT2D eigenvalue weighted by atomic mass is 10.2. The van der Waals surface area contributed by atoms with E-state index in [1.807, 2.05) is 0 Å². The van der Waals surface area contributed by atoms with Gasteiger partial charge in [0.1, 0.15) is 0 Å². The standard InChI is InChI=1S/C8H16N2O3/c1-6(11)9-4-3-8(13)5-10-7(2)12/h8,13H,3-5H2,1-2H3,(H,9,11)(H,10,12). The largest absolute Gasteiger partial charge is 0.391 e. The molecule has 5 nitrogen and oxygen atoms in total. The third-order valence-electron chi connectivity index (χ3n) is 1.44. The number of hydrogen-bond donors (Lipinski definition) is 3. The second-order valence-corrected chi connectivity index (χ2v) is 2.86. The molecular weight excluding hydrogens is 172 g/mol. The van der Waals surface area contributed by atoms with Crippen molar-refractivity contribution in [1.82, 2.24) is 10.6 Å². The maximum Gasteiger partial charge on any atom is 0.216 e. The Morgan fingerprint density at radius 1 is 1.23 bits per heavy atom. The van der Waals surface area contributed by atoms with Gasteiger partial charge in [-0.1, -0.05) is 0 Å². The Balaban J connectivity index is 3.35. The van der Waals surface area contributed by atoms with E-state index in [1.165, 1.54) is 13.8 Å². The second-order valence-electron chi connectivity index (χ2n) is 2.86. The summed E-state index contributed by atoms with van der Waals surface area (Å²) in [5.74, 6) is -0.287. The Morgan fingerprint density at radius 2 is 1.77 bits per heavy atom. The predicted octanol–water partition coefficient (Wildman–Crippen LogP) is -0.990. The molecule has 0 saturated carbocycles. The van der Waals surface area contributed by atoms with Gasteiger partial charge in [-0.3, -0.25) is 9.59 Å². The van der Waals surface area contributed by atoms with Gasteiger partial charge in [-0.15, -0.1) is 0 Å². The van der Waals surface area contributed by atoms with Crippen LogP contribution < -0.4 is 10.6 Å². The van der Waals surface area contributed by atoms with Crippen LogP contribution in [-0.2, 0) is 9.59 Å². The monoisotopic (exact) mass is 188 g/mol. The van der Waals surface area contributed by atoms with Crippen LogP contribution in [0.4, 0.5) is 0 Å². The van der Waals surface area contributed by atoms with Crippen molar-refractivity contribution >= 4 is 11.8 Å². The fraction of sp³-hybridized carbons (Fsp3) is 0.750. The van der Waals surface area contributed by atoms with E-state index in [2.05, 4.69) is 10.6 Å². The van der Waals surface area contributed by atoms with E-state index in [0.29, 0.717) is 13.0 Å². The molecule has 0 aliphatic carbocycles. The van der Waals surface area contributed by atoms with Crippen LogP contribution in [0.5, 0.6) is 0 Å².